The van der Waals surface area contributed by atoms with Crippen LogP contribution in [0.1, 0.15) is 0 Å². The molecular weight excluding hydrogens is 749 g/mol. The van der Waals surface area contributed by atoms with Gasteiger partial charge in [-0.25, -0.2) is 29.9 Å². The van der Waals surface area contributed by atoms with E-state index in [1.807, 2.05) is 109 Å². The van der Waals surface area contributed by atoms with Crippen LogP contribution in [0.15, 0.2) is 170 Å². The van der Waals surface area contributed by atoms with Gasteiger partial charge in [-0.1, -0.05) is 133 Å². The second-order valence-electron chi connectivity index (χ2n) is 13.8. The molecule has 0 aliphatic heterocycles. The van der Waals surface area contributed by atoms with Gasteiger partial charge in [0.2, 0.25) is 0 Å². The van der Waals surface area contributed by atoms with E-state index in [9.17, 15) is 10.2 Å². The molecule has 7 aromatic carbocycles. The number of aromatic hydroxyl groups is 2. The lowest BCUT2D eigenvalue weighted by Gasteiger charge is -2.12. The molecule has 0 amide bonds. The summed E-state index contributed by atoms with van der Waals surface area (Å²) in [4.78, 5) is 29.2. The van der Waals surface area contributed by atoms with E-state index in [0.717, 1.165) is 33.4 Å². The zero-order valence-corrected chi connectivity index (χ0v) is 32.6. The molecule has 2 heterocycles. The molecule has 9 aromatic rings. The van der Waals surface area contributed by atoms with Crippen LogP contribution in [0.5, 0.6) is 23.0 Å². The van der Waals surface area contributed by atoms with E-state index in [1.165, 1.54) is 12.1 Å². The van der Waals surface area contributed by atoms with Crippen molar-refractivity contribution in [3.8, 4) is 114 Å². The molecule has 0 spiro atoms. The third-order valence-electron chi connectivity index (χ3n) is 10.1. The van der Waals surface area contributed by atoms with Crippen molar-refractivity contribution in [3.05, 3.63) is 170 Å². The third kappa shape index (κ3) is 7.72. The molecule has 290 valence electrons. The first-order valence-corrected chi connectivity index (χ1v) is 19.1. The van der Waals surface area contributed by atoms with Gasteiger partial charge in [-0.05, 0) is 46.5 Å². The Kier molecular flexibility index (Phi) is 10.2. The summed E-state index contributed by atoms with van der Waals surface area (Å²) < 4.78 is 10.6. The summed E-state index contributed by atoms with van der Waals surface area (Å²) in [6.45, 7) is 0. The maximum atomic E-state index is 11.0. The van der Waals surface area contributed by atoms with Crippen LogP contribution in [0, 0.1) is 0 Å². The minimum absolute atomic E-state index is 0.0220. The Labute approximate surface area is 346 Å². The molecule has 0 atom stereocenters. The lowest BCUT2D eigenvalue weighted by Crippen LogP contribution is -2.01. The van der Waals surface area contributed by atoms with Crippen molar-refractivity contribution in [2.24, 2.45) is 0 Å². The first-order chi connectivity index (χ1) is 29.4. The maximum absolute atomic E-state index is 11.0. The van der Waals surface area contributed by atoms with Crippen LogP contribution in [-0.4, -0.2) is 54.3 Å². The normalized spacial score (nSPS) is 11.0. The van der Waals surface area contributed by atoms with E-state index in [2.05, 4.69) is 24.3 Å². The van der Waals surface area contributed by atoms with E-state index >= 15 is 0 Å². The Balaban J connectivity index is 1.11. The molecule has 0 unspecified atom stereocenters. The Morgan fingerprint density at radius 2 is 0.567 bits per heavy atom. The largest absolute Gasteiger partial charge is 0.507 e. The van der Waals surface area contributed by atoms with E-state index in [4.69, 9.17) is 39.4 Å². The molecule has 9 rings (SSSR count). The number of ether oxygens (including phenoxy) is 2. The first-order valence-electron chi connectivity index (χ1n) is 19.1. The molecular formula is C50H36N6O4. The van der Waals surface area contributed by atoms with Gasteiger partial charge >= 0.3 is 0 Å². The highest BCUT2D eigenvalue weighted by atomic mass is 16.5. The predicted octanol–water partition coefficient (Wildman–Crippen LogP) is 10.8. The zero-order valence-electron chi connectivity index (χ0n) is 32.6. The van der Waals surface area contributed by atoms with Crippen molar-refractivity contribution in [2.45, 2.75) is 0 Å². The van der Waals surface area contributed by atoms with E-state index < -0.39 is 0 Å². The SMILES string of the molecule is COc1ccc(-c2nc(-c3ccc(-c4ccccc4)cc3)nc(-c3ccc(-c4nc(-c5ccc(-c6ccccc6)cc5)nc(-c5ccc(OC)cc5O)n4)cc3)n2)c(O)c1. The van der Waals surface area contributed by atoms with Crippen molar-refractivity contribution in [1.29, 1.82) is 0 Å². The molecule has 0 bridgehead atoms. The Bertz CT molecular complexity index is 2740. The number of phenolic OH excluding ortho intramolecular Hbond substituents is 2. The first kappa shape index (κ1) is 37.3. The highest BCUT2D eigenvalue weighted by molar-refractivity contribution is 5.75. The molecule has 0 aliphatic rings. The number of aromatic nitrogens is 6. The topological polar surface area (TPSA) is 136 Å². The number of phenols is 2. The van der Waals surface area contributed by atoms with E-state index in [-0.39, 0.29) is 11.5 Å². The Morgan fingerprint density at radius 1 is 0.300 bits per heavy atom. The summed E-state index contributed by atoms with van der Waals surface area (Å²) in [5.41, 5.74) is 8.17. The van der Waals surface area contributed by atoms with Gasteiger partial charge in [-0.3, -0.25) is 0 Å². The highest BCUT2D eigenvalue weighted by Gasteiger charge is 2.18. The molecule has 60 heavy (non-hydrogen) atoms. The van der Waals surface area contributed by atoms with Crippen LogP contribution >= 0.6 is 0 Å². The number of hydrogen-bond donors (Lipinski definition) is 2. The lowest BCUT2D eigenvalue weighted by atomic mass is 10.0. The van der Waals surface area contributed by atoms with Gasteiger partial charge in [0.05, 0.1) is 25.3 Å². The Hall–Kier alpha value is -8.24. The summed E-state index contributed by atoms with van der Waals surface area (Å²) in [7, 11) is 3.09. The minimum Gasteiger partial charge on any atom is -0.507 e. The van der Waals surface area contributed by atoms with E-state index in [0.29, 0.717) is 68.7 Å². The van der Waals surface area contributed by atoms with Crippen molar-refractivity contribution in [2.75, 3.05) is 14.2 Å². The highest BCUT2D eigenvalue weighted by Crippen LogP contribution is 2.36. The summed E-state index contributed by atoms with van der Waals surface area (Å²) in [6.07, 6.45) is 0. The molecule has 10 heteroatoms. The van der Waals surface area contributed by atoms with Gasteiger partial charge in [-0.2, -0.15) is 0 Å². The number of benzene rings is 7. The quantitative estimate of drug-likeness (QED) is 0.138. The molecule has 0 fully saturated rings. The number of hydrogen-bond acceptors (Lipinski definition) is 10. The summed E-state index contributed by atoms with van der Waals surface area (Å²) in [6, 6.07) is 53.9. The van der Waals surface area contributed by atoms with Crippen LogP contribution in [0.25, 0.3) is 90.6 Å². The van der Waals surface area contributed by atoms with Crippen LogP contribution in [-0.2, 0) is 0 Å². The van der Waals surface area contributed by atoms with Crippen LogP contribution in [0.2, 0.25) is 0 Å². The monoisotopic (exact) mass is 784 g/mol. The van der Waals surface area contributed by atoms with Gasteiger partial charge in [0.1, 0.15) is 23.0 Å². The molecule has 2 N–H and O–H groups in total. The summed E-state index contributed by atoms with van der Waals surface area (Å²) >= 11 is 0. The fourth-order valence-corrected chi connectivity index (χ4v) is 6.82. The molecule has 2 aromatic heterocycles. The van der Waals surface area contributed by atoms with Gasteiger partial charge in [0, 0.05) is 34.4 Å². The second-order valence-corrected chi connectivity index (χ2v) is 13.8. The lowest BCUT2D eigenvalue weighted by molar-refractivity contribution is 0.407. The predicted molar refractivity (Wildman–Crippen MR) is 233 cm³/mol. The van der Waals surface area contributed by atoms with Crippen molar-refractivity contribution < 1.29 is 19.7 Å². The van der Waals surface area contributed by atoms with Crippen molar-refractivity contribution >= 4 is 0 Å². The fraction of sp³-hybridized carbons (Fsp3) is 0.0400. The smallest absolute Gasteiger partial charge is 0.167 e. The van der Waals surface area contributed by atoms with Gasteiger partial charge in [-0.15, -0.1) is 0 Å². The summed E-state index contributed by atoms with van der Waals surface area (Å²) in [5, 5.41) is 22.0. The number of rotatable bonds is 10. The summed E-state index contributed by atoms with van der Waals surface area (Å²) in [5.74, 6) is 3.27. The third-order valence-corrected chi connectivity index (χ3v) is 10.1. The molecule has 0 radical (unpaired) electrons. The second kappa shape index (κ2) is 16.3. The standard InChI is InChI=1S/C50H36N6O4/c1-59-39-25-27-41(43(57)29-39)49-53-45(35-17-13-33(14-18-35)31-9-5-3-6-10-31)51-47(55-49)37-21-23-38(24-22-37)48-52-46(36-19-15-34(16-20-36)32-11-7-4-8-12-32)54-50(56-48)42-28-26-40(60-2)30-44(42)58/h3-30,57-58H,1-2H3. The van der Waals surface area contributed by atoms with Gasteiger partial charge < -0.3 is 19.7 Å². The fourth-order valence-electron chi connectivity index (χ4n) is 6.82. The number of methoxy groups -OCH3 is 2. The maximum Gasteiger partial charge on any atom is 0.167 e. The average molecular weight is 785 g/mol. The Morgan fingerprint density at radius 3 is 0.850 bits per heavy atom. The zero-order chi connectivity index (χ0) is 41.0. The number of nitrogens with zero attached hydrogens (tertiary/aromatic N) is 6. The average Bonchev–Trinajstić information content (AvgIpc) is 3.32. The van der Waals surface area contributed by atoms with Gasteiger partial charge in [0.25, 0.3) is 0 Å². The molecule has 0 aliphatic carbocycles. The molecule has 0 saturated heterocycles. The molecule has 0 saturated carbocycles. The van der Waals surface area contributed by atoms with Crippen molar-refractivity contribution in [1.82, 2.24) is 29.9 Å². The van der Waals surface area contributed by atoms with E-state index in [1.54, 1.807) is 38.5 Å². The van der Waals surface area contributed by atoms with Crippen LogP contribution in [0.4, 0.5) is 0 Å². The van der Waals surface area contributed by atoms with Crippen LogP contribution in [0.3, 0.4) is 0 Å². The van der Waals surface area contributed by atoms with Gasteiger partial charge in [0.15, 0.2) is 34.9 Å². The molecule has 10 nitrogen and oxygen atoms in total. The van der Waals surface area contributed by atoms with Crippen molar-refractivity contribution in [3.63, 3.8) is 0 Å². The van der Waals surface area contributed by atoms with Crippen LogP contribution < -0.4 is 9.47 Å². The minimum atomic E-state index is -0.0220.